The number of aromatic amines is 1. The molecule has 0 spiro atoms. The van der Waals surface area contributed by atoms with Crippen LogP contribution >= 0.6 is 23.3 Å². The molecule has 4 rings (SSSR count). The van der Waals surface area contributed by atoms with Crippen LogP contribution in [0, 0.1) is 6.92 Å². The van der Waals surface area contributed by atoms with Crippen LogP contribution in [0.3, 0.4) is 0 Å². The maximum atomic E-state index is 5.87. The molecule has 0 saturated carbocycles. The van der Waals surface area contributed by atoms with Gasteiger partial charge in [0.25, 0.3) is 0 Å². The molecule has 29 heavy (non-hydrogen) atoms. The van der Waals surface area contributed by atoms with E-state index in [0.29, 0.717) is 13.2 Å². The fourth-order valence-corrected chi connectivity index (χ4v) is 4.42. The van der Waals surface area contributed by atoms with Gasteiger partial charge in [0, 0.05) is 54.8 Å². The van der Waals surface area contributed by atoms with Crippen LogP contribution < -0.4 is 4.74 Å². The number of nitrogens with one attached hydrogen (secondary N) is 1. The minimum Gasteiger partial charge on any atom is -0.493 e. The lowest BCUT2D eigenvalue weighted by Crippen LogP contribution is -2.04. The SMILES string of the molecule is COCCCOc1ccnc(CSc2nc3cc(-c4cnsc4)ccc3[nH]2)c1C. The maximum absolute atomic E-state index is 5.87. The zero-order chi connectivity index (χ0) is 20.1. The first-order valence-electron chi connectivity index (χ1n) is 9.33. The van der Waals surface area contributed by atoms with Crippen molar-refractivity contribution in [3.05, 3.63) is 53.3 Å². The number of imidazole rings is 1. The molecule has 3 heterocycles. The highest BCUT2D eigenvalue weighted by Crippen LogP contribution is 2.29. The van der Waals surface area contributed by atoms with Gasteiger partial charge in [-0.05, 0) is 42.2 Å². The third-order valence-corrected chi connectivity index (χ3v) is 6.05. The minimum absolute atomic E-state index is 0.636. The van der Waals surface area contributed by atoms with Crippen LogP contribution in [-0.2, 0) is 10.5 Å². The molecule has 0 aliphatic rings. The van der Waals surface area contributed by atoms with Crippen LogP contribution in [0.25, 0.3) is 22.2 Å². The molecule has 8 heteroatoms. The molecular weight excluding hydrogens is 404 g/mol. The molecule has 0 aliphatic heterocycles. The predicted octanol–water partition coefficient (Wildman–Crippen LogP) is 5.10. The number of benzene rings is 1. The van der Waals surface area contributed by atoms with E-state index in [2.05, 4.69) is 32.5 Å². The highest BCUT2D eigenvalue weighted by molar-refractivity contribution is 7.98. The van der Waals surface area contributed by atoms with Gasteiger partial charge in [-0.1, -0.05) is 17.8 Å². The summed E-state index contributed by atoms with van der Waals surface area (Å²) in [6.45, 7) is 3.38. The van der Waals surface area contributed by atoms with E-state index in [0.717, 1.165) is 56.5 Å². The van der Waals surface area contributed by atoms with E-state index in [1.165, 1.54) is 11.5 Å². The quantitative estimate of drug-likeness (QED) is 0.297. The average Bonchev–Trinajstić information content (AvgIpc) is 3.40. The summed E-state index contributed by atoms with van der Waals surface area (Å²) in [6, 6.07) is 8.17. The minimum atomic E-state index is 0.636. The molecule has 150 valence electrons. The Kier molecular flexibility index (Phi) is 6.43. The van der Waals surface area contributed by atoms with E-state index in [1.807, 2.05) is 24.6 Å². The molecule has 0 unspecified atom stereocenters. The Balaban J connectivity index is 1.44. The fourth-order valence-electron chi connectivity index (χ4n) is 2.96. The first-order chi connectivity index (χ1) is 14.2. The standard InChI is InChI=1S/C21H22N4O2S2/c1-14-19(22-7-6-20(14)27-9-3-8-26-2)13-28-21-24-17-5-4-15(10-18(17)25-21)16-11-23-29-12-16/h4-7,10-12H,3,8-9,13H2,1-2H3,(H,24,25). The summed E-state index contributed by atoms with van der Waals surface area (Å²) in [5.74, 6) is 1.60. The molecule has 0 atom stereocenters. The van der Waals surface area contributed by atoms with Crippen LogP contribution in [0.2, 0.25) is 0 Å². The Morgan fingerprint density at radius 2 is 2.10 bits per heavy atom. The van der Waals surface area contributed by atoms with E-state index < -0.39 is 0 Å². The second kappa shape index (κ2) is 9.39. The predicted molar refractivity (Wildman–Crippen MR) is 118 cm³/mol. The molecule has 1 N–H and O–H groups in total. The number of methoxy groups -OCH3 is 1. The summed E-state index contributed by atoms with van der Waals surface area (Å²) in [5.41, 5.74) is 6.31. The van der Waals surface area contributed by atoms with Gasteiger partial charge in [-0.3, -0.25) is 4.98 Å². The van der Waals surface area contributed by atoms with Crippen LogP contribution in [-0.4, -0.2) is 39.6 Å². The summed E-state index contributed by atoms with van der Waals surface area (Å²) in [7, 11) is 1.70. The van der Waals surface area contributed by atoms with Gasteiger partial charge in [0.2, 0.25) is 0 Å². The average molecular weight is 427 g/mol. The van der Waals surface area contributed by atoms with E-state index in [9.17, 15) is 0 Å². The summed E-state index contributed by atoms with van der Waals surface area (Å²) < 4.78 is 15.1. The van der Waals surface area contributed by atoms with Gasteiger partial charge in [-0.2, -0.15) is 0 Å². The highest BCUT2D eigenvalue weighted by Gasteiger charge is 2.10. The van der Waals surface area contributed by atoms with E-state index in [-0.39, 0.29) is 0 Å². The first-order valence-corrected chi connectivity index (χ1v) is 11.2. The van der Waals surface area contributed by atoms with Crippen molar-refractivity contribution in [2.24, 2.45) is 0 Å². The Labute approximate surface area is 177 Å². The number of fused-ring (bicyclic) bond motifs is 1. The number of hydrogen-bond donors (Lipinski definition) is 1. The van der Waals surface area contributed by atoms with Crippen molar-refractivity contribution in [3.8, 4) is 16.9 Å². The van der Waals surface area contributed by atoms with E-state index in [1.54, 1.807) is 25.1 Å². The molecular formula is C21H22N4O2S2. The van der Waals surface area contributed by atoms with Crippen molar-refractivity contribution in [1.82, 2.24) is 19.3 Å². The van der Waals surface area contributed by atoms with E-state index >= 15 is 0 Å². The molecule has 0 saturated heterocycles. The van der Waals surface area contributed by atoms with Gasteiger partial charge in [0.15, 0.2) is 5.16 Å². The highest BCUT2D eigenvalue weighted by atomic mass is 32.2. The van der Waals surface area contributed by atoms with Crippen molar-refractivity contribution in [2.75, 3.05) is 20.3 Å². The Bertz CT molecular complexity index is 1080. The topological polar surface area (TPSA) is 72.9 Å². The van der Waals surface area contributed by atoms with Gasteiger partial charge in [0.1, 0.15) is 5.75 Å². The third-order valence-electron chi connectivity index (χ3n) is 4.58. The largest absolute Gasteiger partial charge is 0.493 e. The normalized spacial score (nSPS) is 11.2. The number of ether oxygens (including phenoxy) is 2. The number of aromatic nitrogens is 4. The first kappa shape index (κ1) is 19.9. The molecule has 3 aromatic heterocycles. The van der Waals surface area contributed by atoms with Crippen molar-refractivity contribution in [3.63, 3.8) is 0 Å². The second-order valence-electron chi connectivity index (χ2n) is 6.55. The molecule has 0 fully saturated rings. The van der Waals surface area contributed by atoms with Crippen LogP contribution in [0.15, 0.2) is 47.2 Å². The summed E-state index contributed by atoms with van der Waals surface area (Å²) >= 11 is 3.10. The second-order valence-corrected chi connectivity index (χ2v) is 8.17. The lowest BCUT2D eigenvalue weighted by molar-refractivity contribution is 0.172. The van der Waals surface area contributed by atoms with E-state index in [4.69, 9.17) is 14.5 Å². The summed E-state index contributed by atoms with van der Waals surface area (Å²) in [5, 5.41) is 2.93. The lowest BCUT2D eigenvalue weighted by Gasteiger charge is -2.11. The molecule has 6 nitrogen and oxygen atoms in total. The smallest absolute Gasteiger partial charge is 0.166 e. The van der Waals surface area contributed by atoms with Crippen LogP contribution in [0.1, 0.15) is 17.7 Å². The monoisotopic (exact) mass is 426 g/mol. The number of nitrogens with zero attached hydrogens (tertiary/aromatic N) is 3. The van der Waals surface area contributed by atoms with Gasteiger partial charge < -0.3 is 14.5 Å². The van der Waals surface area contributed by atoms with Crippen molar-refractivity contribution in [2.45, 2.75) is 24.3 Å². The third kappa shape index (κ3) is 4.77. The Morgan fingerprint density at radius 1 is 1.17 bits per heavy atom. The van der Waals surface area contributed by atoms with Crippen molar-refractivity contribution >= 4 is 34.3 Å². The molecule has 1 aromatic carbocycles. The van der Waals surface area contributed by atoms with Crippen LogP contribution in [0.4, 0.5) is 0 Å². The fraction of sp³-hybridized carbons (Fsp3) is 0.286. The zero-order valence-electron chi connectivity index (χ0n) is 16.3. The number of H-pyrrole nitrogens is 1. The number of pyridine rings is 1. The molecule has 0 radical (unpaired) electrons. The summed E-state index contributed by atoms with van der Waals surface area (Å²) in [4.78, 5) is 12.7. The molecule has 0 aliphatic carbocycles. The number of thioether (sulfide) groups is 1. The molecule has 4 aromatic rings. The van der Waals surface area contributed by atoms with Gasteiger partial charge in [-0.15, -0.1) is 0 Å². The van der Waals surface area contributed by atoms with Gasteiger partial charge >= 0.3 is 0 Å². The molecule has 0 bridgehead atoms. The Morgan fingerprint density at radius 3 is 2.93 bits per heavy atom. The maximum Gasteiger partial charge on any atom is 0.166 e. The van der Waals surface area contributed by atoms with Gasteiger partial charge in [-0.25, -0.2) is 9.36 Å². The summed E-state index contributed by atoms with van der Waals surface area (Å²) in [6.07, 6.45) is 4.55. The van der Waals surface area contributed by atoms with Crippen molar-refractivity contribution in [1.29, 1.82) is 0 Å². The number of hydrogen-bond acceptors (Lipinski definition) is 7. The Hall–Kier alpha value is -2.42. The van der Waals surface area contributed by atoms with Crippen molar-refractivity contribution < 1.29 is 9.47 Å². The molecule has 0 amide bonds. The lowest BCUT2D eigenvalue weighted by atomic mass is 10.1. The number of rotatable bonds is 9. The van der Waals surface area contributed by atoms with Crippen LogP contribution in [0.5, 0.6) is 5.75 Å². The zero-order valence-corrected chi connectivity index (χ0v) is 18.0. The van der Waals surface area contributed by atoms with Gasteiger partial charge in [0.05, 0.1) is 23.3 Å².